The van der Waals surface area contributed by atoms with E-state index in [0.29, 0.717) is 0 Å². The molecule has 0 saturated heterocycles. The lowest BCUT2D eigenvalue weighted by Gasteiger charge is -2.12. The maximum absolute atomic E-state index is 10.1. The van der Waals surface area contributed by atoms with Gasteiger partial charge in [-0.1, -0.05) is 117 Å². The van der Waals surface area contributed by atoms with Gasteiger partial charge in [-0.15, -0.1) is 0 Å². The van der Waals surface area contributed by atoms with Gasteiger partial charge >= 0.3 is 0 Å². The van der Waals surface area contributed by atoms with E-state index >= 15 is 0 Å². The van der Waals surface area contributed by atoms with Crippen molar-refractivity contribution in [2.45, 2.75) is 154 Å². The fourth-order valence-electron chi connectivity index (χ4n) is 4.27. The number of aliphatic hydroxyl groups is 2. The number of unbranched alkanes of at least 4 members (excludes halogenated alkanes) is 15. The molecular formula is C28H60N2O2. The van der Waals surface area contributed by atoms with Crippen LogP contribution in [-0.4, -0.2) is 48.6 Å². The maximum Gasteiger partial charge on any atom is 0.0664 e. The van der Waals surface area contributed by atoms with Crippen LogP contribution in [0.5, 0.6) is 0 Å². The Balaban J connectivity index is 3.22. The van der Waals surface area contributed by atoms with Crippen LogP contribution in [0.25, 0.3) is 0 Å². The van der Waals surface area contributed by atoms with Crippen molar-refractivity contribution in [3.05, 3.63) is 0 Å². The molecule has 0 rings (SSSR count). The molecule has 4 N–H and O–H groups in total. The second kappa shape index (κ2) is 27.1. The zero-order valence-corrected chi connectivity index (χ0v) is 22.0. The first kappa shape index (κ1) is 31.8. The van der Waals surface area contributed by atoms with E-state index in [1.807, 2.05) is 0 Å². The molecule has 32 heavy (non-hydrogen) atoms. The summed E-state index contributed by atoms with van der Waals surface area (Å²) in [6, 6.07) is 0. The molecule has 0 radical (unpaired) electrons. The standard InChI is InChI=1S/C28H60N2O2/c1-3-5-7-9-11-13-17-21-27(31)25-29-23-19-15-16-20-24-30-26-28(32)22-18-14-12-10-8-6-4-2/h27-32H,3-26H2,1-2H3. The van der Waals surface area contributed by atoms with Gasteiger partial charge in [-0.25, -0.2) is 0 Å². The lowest BCUT2D eigenvalue weighted by molar-refractivity contribution is 0.157. The Labute approximate surface area is 201 Å². The van der Waals surface area contributed by atoms with Crippen molar-refractivity contribution >= 4 is 0 Å². The molecule has 0 aliphatic rings. The van der Waals surface area contributed by atoms with Gasteiger partial charge in [0.15, 0.2) is 0 Å². The molecule has 0 aliphatic heterocycles. The quantitative estimate of drug-likeness (QED) is 0.103. The molecule has 0 aromatic rings. The molecule has 194 valence electrons. The van der Waals surface area contributed by atoms with Gasteiger partial charge in [0, 0.05) is 13.1 Å². The van der Waals surface area contributed by atoms with Crippen molar-refractivity contribution in [1.29, 1.82) is 0 Å². The average Bonchev–Trinajstić information content (AvgIpc) is 2.79. The van der Waals surface area contributed by atoms with E-state index in [2.05, 4.69) is 24.5 Å². The van der Waals surface area contributed by atoms with Crippen molar-refractivity contribution < 1.29 is 10.2 Å². The molecule has 0 saturated carbocycles. The molecule has 0 bridgehead atoms. The molecule has 0 heterocycles. The Morgan fingerprint density at radius 2 is 0.750 bits per heavy atom. The smallest absolute Gasteiger partial charge is 0.0664 e. The number of hydrogen-bond acceptors (Lipinski definition) is 4. The Bertz CT molecular complexity index is 309. The molecular weight excluding hydrogens is 396 g/mol. The van der Waals surface area contributed by atoms with Crippen LogP contribution in [0, 0.1) is 0 Å². The van der Waals surface area contributed by atoms with Crippen LogP contribution in [-0.2, 0) is 0 Å². The molecule has 2 unspecified atom stereocenters. The Hall–Kier alpha value is -0.160. The first-order valence-electron chi connectivity index (χ1n) is 14.5. The highest BCUT2D eigenvalue weighted by Gasteiger charge is 2.04. The zero-order chi connectivity index (χ0) is 23.5. The predicted octanol–water partition coefficient (Wildman–Crippen LogP) is 6.73. The summed E-state index contributed by atoms with van der Waals surface area (Å²) < 4.78 is 0. The first-order chi connectivity index (χ1) is 15.7. The molecule has 4 heteroatoms. The molecule has 0 fully saturated rings. The van der Waals surface area contributed by atoms with E-state index in [4.69, 9.17) is 0 Å². The molecule has 0 spiro atoms. The van der Waals surface area contributed by atoms with E-state index in [-0.39, 0.29) is 12.2 Å². The monoisotopic (exact) mass is 456 g/mol. The summed E-state index contributed by atoms with van der Waals surface area (Å²) in [5, 5.41) is 26.9. The van der Waals surface area contributed by atoms with Gasteiger partial charge in [0.1, 0.15) is 0 Å². The Morgan fingerprint density at radius 3 is 1.12 bits per heavy atom. The summed E-state index contributed by atoms with van der Waals surface area (Å²) in [6.07, 6.45) is 24.7. The molecule has 4 nitrogen and oxygen atoms in total. The molecule has 0 amide bonds. The third-order valence-electron chi connectivity index (χ3n) is 6.50. The van der Waals surface area contributed by atoms with Crippen molar-refractivity contribution in [2.75, 3.05) is 26.2 Å². The van der Waals surface area contributed by atoms with Crippen molar-refractivity contribution in [1.82, 2.24) is 10.6 Å². The van der Waals surface area contributed by atoms with Crippen LogP contribution in [0.3, 0.4) is 0 Å². The van der Waals surface area contributed by atoms with Gasteiger partial charge in [-0.2, -0.15) is 0 Å². The van der Waals surface area contributed by atoms with E-state index in [1.54, 1.807) is 0 Å². The third-order valence-corrected chi connectivity index (χ3v) is 6.50. The molecule has 0 aromatic carbocycles. The second-order valence-electron chi connectivity index (χ2n) is 9.95. The Morgan fingerprint density at radius 1 is 0.438 bits per heavy atom. The van der Waals surface area contributed by atoms with Crippen LogP contribution >= 0.6 is 0 Å². The van der Waals surface area contributed by atoms with Gasteiger partial charge in [0.25, 0.3) is 0 Å². The highest BCUT2D eigenvalue weighted by molar-refractivity contribution is 4.62. The number of hydrogen-bond donors (Lipinski definition) is 4. The van der Waals surface area contributed by atoms with Gasteiger partial charge in [0.05, 0.1) is 12.2 Å². The zero-order valence-electron chi connectivity index (χ0n) is 22.0. The first-order valence-corrected chi connectivity index (χ1v) is 14.5. The largest absolute Gasteiger partial charge is 0.392 e. The van der Waals surface area contributed by atoms with Crippen LogP contribution in [0.15, 0.2) is 0 Å². The van der Waals surface area contributed by atoms with Gasteiger partial charge in [-0.05, 0) is 38.8 Å². The van der Waals surface area contributed by atoms with Crippen molar-refractivity contribution in [2.24, 2.45) is 0 Å². The lowest BCUT2D eigenvalue weighted by atomic mass is 10.1. The third kappa shape index (κ3) is 26.1. The minimum absolute atomic E-state index is 0.178. The second-order valence-corrected chi connectivity index (χ2v) is 9.95. The summed E-state index contributed by atoms with van der Waals surface area (Å²) >= 11 is 0. The molecule has 0 aliphatic carbocycles. The summed E-state index contributed by atoms with van der Waals surface area (Å²) in [6.45, 7) is 8.03. The minimum Gasteiger partial charge on any atom is -0.392 e. The van der Waals surface area contributed by atoms with Gasteiger partial charge < -0.3 is 20.8 Å². The SMILES string of the molecule is CCCCCCCCCC(O)CNCCCCCCNCC(O)CCCCCCCCC. The minimum atomic E-state index is -0.178. The molecule has 2 atom stereocenters. The topological polar surface area (TPSA) is 64.5 Å². The number of nitrogens with one attached hydrogen (secondary N) is 2. The van der Waals surface area contributed by atoms with Crippen LogP contribution < -0.4 is 10.6 Å². The Kier molecular flexibility index (Phi) is 27.0. The van der Waals surface area contributed by atoms with Crippen LogP contribution in [0.2, 0.25) is 0 Å². The summed E-state index contributed by atoms with van der Waals surface area (Å²) in [5.74, 6) is 0. The molecule has 0 aromatic heterocycles. The summed E-state index contributed by atoms with van der Waals surface area (Å²) in [4.78, 5) is 0. The van der Waals surface area contributed by atoms with E-state index in [0.717, 1.165) is 51.9 Å². The summed E-state index contributed by atoms with van der Waals surface area (Å²) in [5.41, 5.74) is 0. The fraction of sp³-hybridized carbons (Fsp3) is 1.00. The predicted molar refractivity (Wildman–Crippen MR) is 141 cm³/mol. The van der Waals surface area contributed by atoms with E-state index in [9.17, 15) is 10.2 Å². The fourth-order valence-corrected chi connectivity index (χ4v) is 4.27. The van der Waals surface area contributed by atoms with E-state index < -0.39 is 0 Å². The van der Waals surface area contributed by atoms with Gasteiger partial charge in [0.2, 0.25) is 0 Å². The number of rotatable bonds is 27. The summed E-state index contributed by atoms with van der Waals surface area (Å²) in [7, 11) is 0. The van der Waals surface area contributed by atoms with E-state index in [1.165, 1.54) is 103 Å². The van der Waals surface area contributed by atoms with Crippen molar-refractivity contribution in [3.63, 3.8) is 0 Å². The lowest BCUT2D eigenvalue weighted by Crippen LogP contribution is -2.28. The average molecular weight is 457 g/mol. The normalized spacial score (nSPS) is 13.5. The number of aliphatic hydroxyl groups excluding tert-OH is 2. The highest BCUT2D eigenvalue weighted by atomic mass is 16.3. The van der Waals surface area contributed by atoms with Gasteiger partial charge in [-0.3, -0.25) is 0 Å². The van der Waals surface area contributed by atoms with Crippen LogP contribution in [0.4, 0.5) is 0 Å². The maximum atomic E-state index is 10.1. The highest BCUT2D eigenvalue weighted by Crippen LogP contribution is 2.10. The van der Waals surface area contributed by atoms with Crippen LogP contribution in [0.1, 0.15) is 142 Å². The van der Waals surface area contributed by atoms with Crippen molar-refractivity contribution in [3.8, 4) is 0 Å².